The van der Waals surface area contributed by atoms with Crippen LogP contribution in [0.15, 0.2) is 59.6 Å². The predicted molar refractivity (Wildman–Crippen MR) is 119 cm³/mol. The van der Waals surface area contributed by atoms with E-state index in [-0.39, 0.29) is 12.5 Å². The molecule has 1 aliphatic rings. The van der Waals surface area contributed by atoms with Gasteiger partial charge in [0, 0.05) is 36.7 Å². The molecule has 0 radical (unpaired) electrons. The standard InChI is InChI=1S/C23H27N3O4S/c1-30-20-7-5-6-18(14-20)16-24-23(27)17-25-13-10-19-15-21(8-9-22(19)25)31(28,29)26-11-3-2-4-12-26/h5-10,13-15H,2-4,11-12,16-17H2,1H3,(H,24,27). The number of sulfonamides is 1. The lowest BCUT2D eigenvalue weighted by Crippen LogP contribution is -2.35. The fraction of sp³-hybridized carbons (Fsp3) is 0.348. The molecule has 3 aromatic rings. The Kier molecular flexibility index (Phi) is 6.29. The maximum absolute atomic E-state index is 12.9. The van der Waals surface area contributed by atoms with E-state index in [1.165, 1.54) is 0 Å². The Hall–Kier alpha value is -2.84. The predicted octanol–water partition coefficient (Wildman–Crippen LogP) is 3.14. The smallest absolute Gasteiger partial charge is 0.243 e. The van der Waals surface area contributed by atoms with Crippen LogP contribution in [0.25, 0.3) is 10.9 Å². The Morgan fingerprint density at radius 1 is 1.06 bits per heavy atom. The Bertz CT molecular complexity index is 1180. The molecule has 2 aromatic carbocycles. The van der Waals surface area contributed by atoms with E-state index < -0.39 is 10.0 Å². The van der Waals surface area contributed by atoms with Crippen LogP contribution >= 0.6 is 0 Å². The van der Waals surface area contributed by atoms with Crippen molar-refractivity contribution in [3.63, 3.8) is 0 Å². The lowest BCUT2D eigenvalue weighted by molar-refractivity contribution is -0.121. The van der Waals surface area contributed by atoms with Crippen LogP contribution in [0.3, 0.4) is 0 Å². The SMILES string of the molecule is COc1cccc(CNC(=O)Cn2ccc3cc(S(=O)(=O)N4CCCCC4)ccc32)c1. The number of ether oxygens (including phenoxy) is 1. The maximum atomic E-state index is 12.9. The van der Waals surface area contributed by atoms with Gasteiger partial charge in [-0.05, 0) is 54.8 Å². The van der Waals surface area contributed by atoms with E-state index in [0.717, 1.165) is 41.5 Å². The van der Waals surface area contributed by atoms with Gasteiger partial charge in [-0.1, -0.05) is 18.6 Å². The molecule has 0 atom stereocenters. The van der Waals surface area contributed by atoms with Gasteiger partial charge in [-0.25, -0.2) is 8.42 Å². The zero-order valence-corrected chi connectivity index (χ0v) is 18.4. The number of hydrogen-bond acceptors (Lipinski definition) is 4. The molecule has 8 heteroatoms. The summed E-state index contributed by atoms with van der Waals surface area (Å²) in [4.78, 5) is 12.8. The van der Waals surface area contributed by atoms with Crippen molar-refractivity contribution >= 4 is 26.8 Å². The molecule has 0 bridgehead atoms. The van der Waals surface area contributed by atoms with Gasteiger partial charge in [0.2, 0.25) is 15.9 Å². The monoisotopic (exact) mass is 441 g/mol. The summed E-state index contributed by atoms with van der Waals surface area (Å²) in [6.07, 6.45) is 4.70. The molecule has 1 N–H and O–H groups in total. The number of aromatic nitrogens is 1. The highest BCUT2D eigenvalue weighted by Crippen LogP contribution is 2.25. The zero-order chi connectivity index (χ0) is 21.8. The van der Waals surface area contributed by atoms with Gasteiger partial charge in [0.25, 0.3) is 0 Å². The third-order valence-electron chi connectivity index (χ3n) is 5.63. The van der Waals surface area contributed by atoms with Gasteiger partial charge in [-0.2, -0.15) is 4.31 Å². The highest BCUT2D eigenvalue weighted by Gasteiger charge is 2.26. The minimum atomic E-state index is -3.48. The molecule has 1 fully saturated rings. The summed E-state index contributed by atoms with van der Waals surface area (Å²) in [5.74, 6) is 0.629. The Labute approximate surface area is 182 Å². The Morgan fingerprint density at radius 3 is 2.65 bits per heavy atom. The van der Waals surface area contributed by atoms with Gasteiger partial charge in [0.1, 0.15) is 12.3 Å². The summed E-state index contributed by atoms with van der Waals surface area (Å²) in [6.45, 7) is 1.73. The van der Waals surface area contributed by atoms with Crippen molar-refractivity contribution < 1.29 is 17.9 Å². The third kappa shape index (κ3) is 4.75. The number of methoxy groups -OCH3 is 1. The first-order valence-electron chi connectivity index (χ1n) is 10.5. The van der Waals surface area contributed by atoms with Crippen molar-refractivity contribution in [3.8, 4) is 5.75 Å². The van der Waals surface area contributed by atoms with E-state index in [2.05, 4.69) is 5.32 Å². The van der Waals surface area contributed by atoms with Crippen molar-refractivity contribution in [2.24, 2.45) is 0 Å². The molecule has 4 rings (SSSR count). The number of carbonyl (C=O) groups is 1. The molecule has 31 heavy (non-hydrogen) atoms. The first-order valence-corrected chi connectivity index (χ1v) is 11.9. The van der Waals surface area contributed by atoms with Crippen molar-refractivity contribution in [2.75, 3.05) is 20.2 Å². The average molecular weight is 442 g/mol. The van der Waals surface area contributed by atoms with Crippen LogP contribution < -0.4 is 10.1 Å². The van der Waals surface area contributed by atoms with Crippen LogP contribution in [0.2, 0.25) is 0 Å². The quantitative estimate of drug-likeness (QED) is 0.611. The number of piperidine rings is 1. The largest absolute Gasteiger partial charge is 0.497 e. The number of amides is 1. The van der Waals surface area contributed by atoms with E-state index in [4.69, 9.17) is 4.74 Å². The van der Waals surface area contributed by atoms with Crippen molar-refractivity contribution in [3.05, 3.63) is 60.3 Å². The molecule has 0 aliphatic carbocycles. The van der Waals surface area contributed by atoms with Crippen LogP contribution in [0, 0.1) is 0 Å². The number of carbonyl (C=O) groups excluding carboxylic acids is 1. The fourth-order valence-electron chi connectivity index (χ4n) is 3.92. The highest BCUT2D eigenvalue weighted by atomic mass is 32.2. The fourth-order valence-corrected chi connectivity index (χ4v) is 5.48. The molecule has 164 valence electrons. The molecule has 1 amide bonds. The normalized spacial score (nSPS) is 15.1. The van der Waals surface area contributed by atoms with Gasteiger partial charge < -0.3 is 14.6 Å². The minimum Gasteiger partial charge on any atom is -0.497 e. The number of nitrogens with zero attached hydrogens (tertiary/aromatic N) is 2. The molecular weight excluding hydrogens is 414 g/mol. The minimum absolute atomic E-state index is 0.120. The van der Waals surface area contributed by atoms with Crippen LogP contribution in [0.4, 0.5) is 0 Å². The van der Waals surface area contributed by atoms with Gasteiger partial charge in [0.05, 0.1) is 12.0 Å². The van der Waals surface area contributed by atoms with Gasteiger partial charge in [0.15, 0.2) is 0 Å². The molecular formula is C23H27N3O4S. The van der Waals surface area contributed by atoms with Crippen molar-refractivity contribution in [1.82, 2.24) is 14.2 Å². The molecule has 1 aromatic heterocycles. The molecule has 0 spiro atoms. The number of rotatable bonds is 7. The summed E-state index contributed by atoms with van der Waals surface area (Å²) in [6, 6.07) is 14.5. The second-order valence-corrected chi connectivity index (χ2v) is 9.70. The molecule has 1 saturated heterocycles. The number of benzene rings is 2. The van der Waals surface area contributed by atoms with E-state index in [9.17, 15) is 13.2 Å². The van der Waals surface area contributed by atoms with E-state index in [0.29, 0.717) is 24.5 Å². The van der Waals surface area contributed by atoms with Crippen LogP contribution in [-0.4, -0.2) is 43.4 Å². The van der Waals surface area contributed by atoms with Crippen LogP contribution in [-0.2, 0) is 27.9 Å². The van der Waals surface area contributed by atoms with Crippen LogP contribution in [0.5, 0.6) is 5.75 Å². The molecule has 0 unspecified atom stereocenters. The number of nitrogens with one attached hydrogen (secondary N) is 1. The zero-order valence-electron chi connectivity index (χ0n) is 17.6. The second kappa shape index (κ2) is 9.11. The van der Waals surface area contributed by atoms with E-state index in [1.807, 2.05) is 41.1 Å². The van der Waals surface area contributed by atoms with Gasteiger partial charge >= 0.3 is 0 Å². The molecule has 2 heterocycles. The van der Waals surface area contributed by atoms with E-state index >= 15 is 0 Å². The topological polar surface area (TPSA) is 80.6 Å². The van der Waals surface area contributed by atoms with Crippen molar-refractivity contribution in [2.45, 2.75) is 37.2 Å². The summed E-state index contributed by atoms with van der Waals surface area (Å²) in [5, 5.41) is 3.72. The van der Waals surface area contributed by atoms with Crippen molar-refractivity contribution in [1.29, 1.82) is 0 Å². The second-order valence-electron chi connectivity index (χ2n) is 7.76. The molecule has 0 saturated carbocycles. The summed E-state index contributed by atoms with van der Waals surface area (Å²) < 4.78 is 34.5. The average Bonchev–Trinajstić information content (AvgIpc) is 3.20. The first kappa shape index (κ1) is 21.4. The first-order chi connectivity index (χ1) is 15.0. The Morgan fingerprint density at radius 2 is 1.87 bits per heavy atom. The lowest BCUT2D eigenvalue weighted by Gasteiger charge is -2.25. The lowest BCUT2D eigenvalue weighted by atomic mass is 10.2. The van der Waals surface area contributed by atoms with E-state index in [1.54, 1.807) is 29.6 Å². The van der Waals surface area contributed by atoms with Gasteiger partial charge in [-0.3, -0.25) is 4.79 Å². The van der Waals surface area contributed by atoms with Crippen LogP contribution in [0.1, 0.15) is 24.8 Å². The summed E-state index contributed by atoms with van der Waals surface area (Å²) >= 11 is 0. The molecule has 7 nitrogen and oxygen atoms in total. The maximum Gasteiger partial charge on any atom is 0.243 e. The Balaban J connectivity index is 1.44. The summed E-state index contributed by atoms with van der Waals surface area (Å²) in [7, 11) is -1.87. The number of hydrogen-bond donors (Lipinski definition) is 1. The molecule has 1 aliphatic heterocycles. The van der Waals surface area contributed by atoms with Gasteiger partial charge in [-0.15, -0.1) is 0 Å². The highest BCUT2D eigenvalue weighted by molar-refractivity contribution is 7.89. The number of fused-ring (bicyclic) bond motifs is 1. The summed E-state index contributed by atoms with van der Waals surface area (Å²) in [5.41, 5.74) is 1.78. The third-order valence-corrected chi connectivity index (χ3v) is 7.53.